The van der Waals surface area contributed by atoms with Crippen molar-refractivity contribution < 1.29 is 27.2 Å². The van der Waals surface area contributed by atoms with Gasteiger partial charge in [0.05, 0.1) is 5.75 Å². The number of hydrogen-bond acceptors (Lipinski definition) is 6. The summed E-state index contributed by atoms with van der Waals surface area (Å²) in [7, 11) is -2.41. The monoisotopic (exact) mass is 424 g/mol. The molecule has 0 spiro atoms. The van der Waals surface area contributed by atoms with Crippen molar-refractivity contribution >= 4 is 33.6 Å². The molecular formula is C18H21FN4O5S. The number of hydrogen-bond donors (Lipinski definition) is 1. The average Bonchev–Trinajstić information content (AvgIpc) is 2.68. The third kappa shape index (κ3) is 4.44. The number of carbonyl (C=O) groups excluding carboxylic acids is 3. The molecule has 3 rings (SSSR count). The number of amides is 2. The summed E-state index contributed by atoms with van der Waals surface area (Å²) in [4.78, 5) is 41.9. The summed E-state index contributed by atoms with van der Waals surface area (Å²) in [5, 5.41) is 2.53. The molecule has 1 atom stereocenters. The molecule has 0 bridgehead atoms. The van der Waals surface area contributed by atoms with Crippen LogP contribution in [-0.4, -0.2) is 73.1 Å². The Balaban J connectivity index is 1.74. The van der Waals surface area contributed by atoms with Crippen LogP contribution in [0.15, 0.2) is 29.3 Å². The molecule has 11 heteroatoms. The van der Waals surface area contributed by atoms with Gasteiger partial charge >= 0.3 is 0 Å². The number of rotatable bonds is 4. The van der Waals surface area contributed by atoms with Crippen LogP contribution >= 0.6 is 0 Å². The molecule has 1 unspecified atom stereocenters. The van der Waals surface area contributed by atoms with Gasteiger partial charge in [-0.25, -0.2) is 22.1 Å². The van der Waals surface area contributed by atoms with Crippen LogP contribution in [-0.2, 0) is 30.8 Å². The number of benzene rings is 1. The second kappa shape index (κ2) is 8.27. The topological polar surface area (TPSA) is 116 Å². The van der Waals surface area contributed by atoms with E-state index in [1.165, 1.54) is 19.2 Å². The highest BCUT2D eigenvalue weighted by Crippen LogP contribution is 2.19. The number of likely N-dealkylation sites (N-methyl/N-ethyl adjacent to an activating group) is 1. The van der Waals surface area contributed by atoms with Gasteiger partial charge in [0.25, 0.3) is 17.6 Å². The molecule has 0 radical (unpaired) electrons. The van der Waals surface area contributed by atoms with Crippen LogP contribution in [0.1, 0.15) is 18.4 Å². The first kappa shape index (κ1) is 20.9. The van der Waals surface area contributed by atoms with E-state index in [-0.39, 0.29) is 30.6 Å². The van der Waals surface area contributed by atoms with Crippen LogP contribution in [0.25, 0.3) is 0 Å². The van der Waals surface area contributed by atoms with Crippen molar-refractivity contribution in [3.8, 4) is 0 Å². The summed E-state index contributed by atoms with van der Waals surface area (Å²) in [6, 6.07) is 4.10. The number of guanidine groups is 1. The lowest BCUT2D eigenvalue weighted by Gasteiger charge is -2.35. The van der Waals surface area contributed by atoms with Gasteiger partial charge in [-0.1, -0.05) is 12.1 Å². The second-order valence-electron chi connectivity index (χ2n) is 6.82. The molecule has 156 valence electrons. The van der Waals surface area contributed by atoms with E-state index in [1.807, 2.05) is 0 Å². The predicted octanol–water partition coefficient (Wildman–Crippen LogP) is -0.324. The van der Waals surface area contributed by atoms with Crippen molar-refractivity contribution in [3.63, 3.8) is 0 Å². The summed E-state index contributed by atoms with van der Waals surface area (Å²) in [6.07, 6.45) is 1.47. The van der Waals surface area contributed by atoms with E-state index in [9.17, 15) is 27.2 Å². The van der Waals surface area contributed by atoms with Crippen molar-refractivity contribution in [2.75, 3.05) is 25.9 Å². The molecule has 0 aromatic heterocycles. The average molecular weight is 424 g/mol. The highest BCUT2D eigenvalue weighted by Gasteiger charge is 2.43. The third-order valence-electron chi connectivity index (χ3n) is 4.76. The molecular weight excluding hydrogens is 403 g/mol. The molecule has 2 amide bonds. The van der Waals surface area contributed by atoms with E-state index in [2.05, 4.69) is 10.3 Å². The van der Waals surface area contributed by atoms with E-state index in [0.717, 1.165) is 14.8 Å². The molecule has 0 aliphatic carbocycles. The van der Waals surface area contributed by atoms with Crippen LogP contribution in [0.2, 0.25) is 0 Å². The number of sulfonamides is 1. The molecule has 29 heavy (non-hydrogen) atoms. The van der Waals surface area contributed by atoms with Gasteiger partial charge in [0.15, 0.2) is 6.04 Å². The fourth-order valence-corrected chi connectivity index (χ4v) is 4.75. The lowest BCUT2D eigenvalue weighted by atomic mass is 10.1. The first-order valence-electron chi connectivity index (χ1n) is 9.13. The van der Waals surface area contributed by atoms with Crippen LogP contribution in [0.3, 0.4) is 0 Å². The molecule has 2 aliphatic heterocycles. The van der Waals surface area contributed by atoms with Crippen molar-refractivity contribution in [2.45, 2.75) is 25.3 Å². The molecule has 1 saturated heterocycles. The van der Waals surface area contributed by atoms with Gasteiger partial charge in [0.2, 0.25) is 16.0 Å². The quantitative estimate of drug-likeness (QED) is 0.525. The van der Waals surface area contributed by atoms with Gasteiger partial charge < -0.3 is 5.32 Å². The third-order valence-corrected chi connectivity index (χ3v) is 6.58. The first-order chi connectivity index (χ1) is 13.7. The molecule has 1 aromatic carbocycles. The SMILES string of the molecule is CN1C(=O)C(=O)C(C(=O)NCCc2ccc(F)cc2)N=C1N1CCCCS1(=O)=O. The zero-order valence-corrected chi connectivity index (χ0v) is 16.6. The largest absolute Gasteiger partial charge is 0.353 e. The number of Topliss-reactive ketones (excluding diaryl/α,β-unsaturated/α-hetero) is 1. The highest BCUT2D eigenvalue weighted by atomic mass is 32.2. The molecule has 0 saturated carbocycles. The lowest BCUT2D eigenvalue weighted by Crippen LogP contribution is -2.59. The summed E-state index contributed by atoms with van der Waals surface area (Å²) >= 11 is 0. The molecule has 1 N–H and O–H groups in total. The zero-order chi connectivity index (χ0) is 21.2. The maximum Gasteiger partial charge on any atom is 0.299 e. The fraction of sp³-hybridized carbons (Fsp3) is 0.444. The summed E-state index contributed by atoms with van der Waals surface area (Å²) < 4.78 is 38.6. The minimum absolute atomic E-state index is 0.0868. The van der Waals surface area contributed by atoms with Gasteiger partial charge in [-0.3, -0.25) is 19.3 Å². The summed E-state index contributed by atoms with van der Waals surface area (Å²) in [5.41, 5.74) is 0.779. The van der Waals surface area contributed by atoms with E-state index in [0.29, 0.717) is 19.3 Å². The molecule has 1 fully saturated rings. The van der Waals surface area contributed by atoms with Gasteiger partial charge in [0.1, 0.15) is 5.82 Å². The maximum atomic E-state index is 12.9. The standard InChI is InChI=1S/C18H21FN4O5S/c1-22-17(26)15(24)14(21-18(22)23-10-2-3-11-29(23,27)28)16(25)20-9-8-12-4-6-13(19)7-5-12/h4-7,14H,2-3,8-11H2,1H3,(H,20,25). The van der Waals surface area contributed by atoms with Gasteiger partial charge in [-0.2, -0.15) is 0 Å². The van der Waals surface area contributed by atoms with Crippen molar-refractivity contribution in [2.24, 2.45) is 4.99 Å². The second-order valence-corrected chi connectivity index (χ2v) is 8.84. The Morgan fingerprint density at radius 2 is 1.93 bits per heavy atom. The van der Waals surface area contributed by atoms with E-state index in [1.54, 1.807) is 12.1 Å². The summed E-state index contributed by atoms with van der Waals surface area (Å²) in [6.45, 7) is 0.275. The Morgan fingerprint density at radius 3 is 2.59 bits per heavy atom. The van der Waals surface area contributed by atoms with Crippen LogP contribution < -0.4 is 5.32 Å². The molecule has 1 aromatic rings. The van der Waals surface area contributed by atoms with Crippen LogP contribution in [0.5, 0.6) is 0 Å². The van der Waals surface area contributed by atoms with E-state index < -0.39 is 33.7 Å². The Morgan fingerprint density at radius 1 is 1.24 bits per heavy atom. The number of nitrogens with one attached hydrogen (secondary N) is 1. The fourth-order valence-electron chi connectivity index (χ4n) is 3.13. The van der Waals surface area contributed by atoms with E-state index >= 15 is 0 Å². The molecule has 2 heterocycles. The Hall–Kier alpha value is -2.82. The minimum Gasteiger partial charge on any atom is -0.353 e. The lowest BCUT2D eigenvalue weighted by molar-refractivity contribution is -0.145. The normalized spacial score (nSPS) is 21.7. The number of ketones is 1. The Bertz CT molecular complexity index is 961. The minimum atomic E-state index is -3.67. The van der Waals surface area contributed by atoms with Crippen molar-refractivity contribution in [3.05, 3.63) is 35.6 Å². The summed E-state index contributed by atoms with van der Waals surface area (Å²) in [5.74, 6) is -3.48. The number of halogens is 1. The number of aliphatic imine (C=N–C) groups is 1. The Labute approximate surface area is 167 Å². The van der Waals surface area contributed by atoms with Gasteiger partial charge in [-0.15, -0.1) is 0 Å². The van der Waals surface area contributed by atoms with Crippen molar-refractivity contribution in [1.29, 1.82) is 0 Å². The number of carbonyl (C=O) groups is 3. The highest BCUT2D eigenvalue weighted by molar-refractivity contribution is 7.89. The van der Waals surface area contributed by atoms with E-state index in [4.69, 9.17) is 0 Å². The van der Waals surface area contributed by atoms with Crippen LogP contribution in [0, 0.1) is 5.82 Å². The predicted molar refractivity (Wildman–Crippen MR) is 102 cm³/mol. The zero-order valence-electron chi connectivity index (χ0n) is 15.8. The maximum absolute atomic E-state index is 12.9. The number of nitrogens with zero attached hydrogens (tertiary/aromatic N) is 3. The van der Waals surface area contributed by atoms with Gasteiger partial charge in [0, 0.05) is 20.1 Å². The van der Waals surface area contributed by atoms with Gasteiger partial charge in [-0.05, 0) is 37.0 Å². The first-order valence-corrected chi connectivity index (χ1v) is 10.7. The van der Waals surface area contributed by atoms with Crippen LogP contribution in [0.4, 0.5) is 4.39 Å². The smallest absolute Gasteiger partial charge is 0.299 e. The Kier molecular flexibility index (Phi) is 5.96. The molecule has 2 aliphatic rings. The molecule has 9 nitrogen and oxygen atoms in total. The van der Waals surface area contributed by atoms with Crippen molar-refractivity contribution in [1.82, 2.24) is 14.5 Å².